The highest BCUT2D eigenvalue weighted by Gasteiger charge is 2.16. The van der Waals surface area contributed by atoms with Crippen LogP contribution in [0.1, 0.15) is 31.4 Å². The average molecular weight is 282 g/mol. The molecule has 1 aliphatic rings. The lowest BCUT2D eigenvalue weighted by molar-refractivity contribution is -0.121. The topological polar surface area (TPSA) is 42.0 Å². The fourth-order valence-electron chi connectivity index (χ4n) is 1.83. The minimum atomic E-state index is 0.135. The lowest BCUT2D eigenvalue weighted by atomic mass is 10.1. The Morgan fingerprint density at radius 2 is 2.44 bits per heavy atom. The smallest absolute Gasteiger partial charge is 0.220 e. The number of pyridine rings is 1. The molecule has 1 fully saturated rings. The van der Waals surface area contributed by atoms with Crippen molar-refractivity contribution in [1.29, 1.82) is 0 Å². The number of carbonyl (C=O) groups is 1. The van der Waals surface area contributed by atoms with Gasteiger partial charge in [0.2, 0.25) is 5.91 Å². The highest BCUT2D eigenvalue weighted by atomic mass is 33.1. The van der Waals surface area contributed by atoms with Gasteiger partial charge in [-0.2, -0.15) is 0 Å². The minimum Gasteiger partial charge on any atom is -0.350 e. The lowest BCUT2D eigenvalue weighted by Crippen LogP contribution is -2.23. The fourth-order valence-corrected chi connectivity index (χ4v) is 4.86. The Hall–Kier alpha value is -0.680. The van der Waals surface area contributed by atoms with Gasteiger partial charge in [0, 0.05) is 23.6 Å². The standard InChI is InChI=1S/C13H18N2OS2/c16-13(6-3-5-12-7-9-17-18-12)15-10-11-4-1-2-8-14-11/h1-2,4,8,12H,3,5-7,9-10H2,(H,15,16). The lowest BCUT2D eigenvalue weighted by Gasteiger charge is -2.07. The number of hydrogen-bond donors (Lipinski definition) is 1. The van der Waals surface area contributed by atoms with Crippen molar-refractivity contribution in [2.24, 2.45) is 0 Å². The zero-order chi connectivity index (χ0) is 12.6. The third-order valence-corrected chi connectivity index (χ3v) is 5.86. The van der Waals surface area contributed by atoms with E-state index in [2.05, 4.69) is 10.3 Å². The van der Waals surface area contributed by atoms with Crippen molar-refractivity contribution in [1.82, 2.24) is 10.3 Å². The van der Waals surface area contributed by atoms with E-state index in [0.717, 1.165) is 23.8 Å². The first-order chi connectivity index (χ1) is 8.84. The van der Waals surface area contributed by atoms with E-state index in [1.165, 1.54) is 12.2 Å². The van der Waals surface area contributed by atoms with Crippen LogP contribution >= 0.6 is 21.6 Å². The van der Waals surface area contributed by atoms with Gasteiger partial charge in [-0.15, -0.1) is 0 Å². The van der Waals surface area contributed by atoms with Crippen molar-refractivity contribution in [2.45, 2.75) is 37.5 Å². The number of hydrogen-bond acceptors (Lipinski definition) is 4. The van der Waals surface area contributed by atoms with Crippen LogP contribution in [0.3, 0.4) is 0 Å². The number of aromatic nitrogens is 1. The van der Waals surface area contributed by atoms with Gasteiger partial charge in [0.25, 0.3) is 0 Å². The normalized spacial score (nSPS) is 18.8. The molecule has 18 heavy (non-hydrogen) atoms. The van der Waals surface area contributed by atoms with Gasteiger partial charge in [0.05, 0.1) is 12.2 Å². The maximum Gasteiger partial charge on any atom is 0.220 e. The number of carbonyl (C=O) groups excluding carboxylic acids is 1. The van der Waals surface area contributed by atoms with Crippen LogP contribution in [0.4, 0.5) is 0 Å². The highest BCUT2D eigenvalue weighted by molar-refractivity contribution is 8.77. The molecule has 1 aromatic heterocycles. The molecule has 0 spiro atoms. The molecule has 2 heterocycles. The van der Waals surface area contributed by atoms with Crippen LogP contribution in [0, 0.1) is 0 Å². The summed E-state index contributed by atoms with van der Waals surface area (Å²) in [5.74, 6) is 1.40. The summed E-state index contributed by atoms with van der Waals surface area (Å²) in [5, 5.41) is 3.67. The summed E-state index contributed by atoms with van der Waals surface area (Å²) in [7, 11) is 3.94. The van der Waals surface area contributed by atoms with Crippen LogP contribution in [0.25, 0.3) is 0 Å². The van der Waals surface area contributed by atoms with Crippen LogP contribution in [-0.2, 0) is 11.3 Å². The van der Waals surface area contributed by atoms with Crippen LogP contribution in [0.5, 0.6) is 0 Å². The predicted molar refractivity (Wildman–Crippen MR) is 78.4 cm³/mol. The first-order valence-electron chi connectivity index (χ1n) is 6.29. The number of nitrogens with zero attached hydrogens (tertiary/aromatic N) is 1. The third-order valence-electron chi connectivity index (χ3n) is 2.85. The zero-order valence-corrected chi connectivity index (χ0v) is 11.9. The van der Waals surface area contributed by atoms with E-state index in [-0.39, 0.29) is 5.91 Å². The maximum absolute atomic E-state index is 11.6. The molecule has 1 unspecified atom stereocenters. The Bertz CT molecular complexity index is 367. The van der Waals surface area contributed by atoms with E-state index in [0.29, 0.717) is 13.0 Å². The van der Waals surface area contributed by atoms with Gasteiger partial charge >= 0.3 is 0 Å². The largest absolute Gasteiger partial charge is 0.350 e. The summed E-state index contributed by atoms with van der Waals surface area (Å²) in [4.78, 5) is 15.8. The molecule has 3 nitrogen and oxygen atoms in total. The highest BCUT2D eigenvalue weighted by Crippen LogP contribution is 2.39. The second-order valence-corrected chi connectivity index (χ2v) is 7.11. The molecule has 1 aliphatic heterocycles. The maximum atomic E-state index is 11.6. The van der Waals surface area contributed by atoms with E-state index in [1.54, 1.807) is 6.20 Å². The van der Waals surface area contributed by atoms with Gasteiger partial charge in [-0.25, -0.2) is 0 Å². The van der Waals surface area contributed by atoms with Crippen LogP contribution < -0.4 is 5.32 Å². The summed E-state index contributed by atoms with van der Waals surface area (Å²) in [6.07, 6.45) is 5.83. The van der Waals surface area contributed by atoms with Gasteiger partial charge in [0.15, 0.2) is 0 Å². The van der Waals surface area contributed by atoms with E-state index >= 15 is 0 Å². The van der Waals surface area contributed by atoms with Crippen LogP contribution in [0.2, 0.25) is 0 Å². The molecule has 0 bridgehead atoms. The quantitative estimate of drug-likeness (QED) is 0.814. The molecule has 1 amide bonds. The van der Waals surface area contributed by atoms with Crippen molar-refractivity contribution in [3.63, 3.8) is 0 Å². The molecule has 0 radical (unpaired) electrons. The molecule has 0 saturated carbocycles. The van der Waals surface area contributed by atoms with E-state index in [1.807, 2.05) is 39.8 Å². The van der Waals surface area contributed by atoms with E-state index in [4.69, 9.17) is 0 Å². The van der Waals surface area contributed by atoms with Gasteiger partial charge in [-0.05, 0) is 31.4 Å². The summed E-state index contributed by atoms with van der Waals surface area (Å²) in [6.45, 7) is 0.535. The van der Waals surface area contributed by atoms with Crippen LogP contribution in [-0.4, -0.2) is 21.9 Å². The Morgan fingerprint density at radius 3 is 3.17 bits per heavy atom. The summed E-state index contributed by atoms with van der Waals surface area (Å²) >= 11 is 0. The van der Waals surface area contributed by atoms with Gasteiger partial charge in [0.1, 0.15) is 0 Å². The molecule has 0 aliphatic carbocycles. The van der Waals surface area contributed by atoms with E-state index < -0.39 is 0 Å². The number of amides is 1. The first-order valence-corrected chi connectivity index (χ1v) is 8.67. The van der Waals surface area contributed by atoms with Gasteiger partial charge in [-0.3, -0.25) is 9.78 Å². The third kappa shape index (κ3) is 4.90. The monoisotopic (exact) mass is 282 g/mol. The average Bonchev–Trinajstić information content (AvgIpc) is 2.91. The molecule has 5 heteroatoms. The SMILES string of the molecule is O=C(CCCC1CCSS1)NCc1ccccn1. The van der Waals surface area contributed by atoms with E-state index in [9.17, 15) is 4.79 Å². The minimum absolute atomic E-state index is 0.135. The van der Waals surface area contributed by atoms with Gasteiger partial charge < -0.3 is 5.32 Å². The molecule has 1 atom stereocenters. The summed E-state index contributed by atoms with van der Waals surface area (Å²) in [6, 6.07) is 5.73. The Balaban J connectivity index is 1.57. The zero-order valence-electron chi connectivity index (χ0n) is 10.3. The molecule has 0 aromatic carbocycles. The molecule has 1 aromatic rings. The Labute approximate surface area is 116 Å². The molecule has 1 N–H and O–H groups in total. The first kappa shape index (κ1) is 13.7. The molecule has 1 saturated heterocycles. The van der Waals surface area contributed by atoms with Crippen LogP contribution in [0.15, 0.2) is 24.4 Å². The van der Waals surface area contributed by atoms with Crippen molar-refractivity contribution in [2.75, 3.05) is 5.75 Å². The fraction of sp³-hybridized carbons (Fsp3) is 0.538. The predicted octanol–water partition coefficient (Wildman–Crippen LogP) is 3.02. The molecular formula is C13H18N2OS2. The summed E-state index contributed by atoms with van der Waals surface area (Å²) < 4.78 is 0. The van der Waals surface area contributed by atoms with Crippen molar-refractivity contribution in [3.05, 3.63) is 30.1 Å². The Morgan fingerprint density at radius 1 is 1.50 bits per heavy atom. The second-order valence-electron chi connectivity index (χ2n) is 4.32. The second kappa shape index (κ2) is 7.69. The van der Waals surface area contributed by atoms with Crippen molar-refractivity contribution >= 4 is 27.5 Å². The number of rotatable bonds is 6. The van der Waals surface area contributed by atoms with Crippen molar-refractivity contribution < 1.29 is 4.79 Å². The summed E-state index contributed by atoms with van der Waals surface area (Å²) in [5.41, 5.74) is 0.911. The van der Waals surface area contributed by atoms with Gasteiger partial charge in [-0.1, -0.05) is 27.7 Å². The Kier molecular flexibility index (Phi) is 5.87. The molecular weight excluding hydrogens is 264 g/mol. The molecule has 2 rings (SSSR count). The molecule has 98 valence electrons. The number of nitrogens with one attached hydrogen (secondary N) is 1. The van der Waals surface area contributed by atoms with Crippen molar-refractivity contribution in [3.8, 4) is 0 Å².